The van der Waals surface area contributed by atoms with Gasteiger partial charge in [-0.15, -0.1) is 0 Å². The third-order valence-electron chi connectivity index (χ3n) is 14.8. The lowest BCUT2D eigenvalue weighted by Crippen LogP contribution is -2.32. The fraction of sp³-hybridized carbons (Fsp3) is 0.179. The van der Waals surface area contributed by atoms with Crippen LogP contribution >= 0.6 is 0 Å². The first kappa shape index (κ1) is 45.3. The molecule has 6 aromatic carbocycles. The Morgan fingerprint density at radius 3 is 0.875 bits per heavy atom. The Morgan fingerprint density at radius 1 is 0.375 bits per heavy atom. The van der Waals surface area contributed by atoms with E-state index in [1.165, 1.54) is 72.8 Å². The van der Waals surface area contributed by atoms with Crippen molar-refractivity contribution in [3.8, 4) is 22.7 Å². The van der Waals surface area contributed by atoms with Gasteiger partial charge in [-0.05, 0) is 147 Å². The normalized spacial score (nSPS) is 13.8. The number of aromatic nitrogens is 4. The number of hydrogen-bond acceptors (Lipinski definition) is 10. The molecule has 0 amide bonds. The molecule has 0 bridgehead atoms. The third-order valence-corrected chi connectivity index (χ3v) is 14.8. The van der Waals surface area contributed by atoms with Crippen molar-refractivity contribution in [1.82, 2.24) is 18.3 Å². The van der Waals surface area contributed by atoms with Gasteiger partial charge in [0.2, 0.25) is 0 Å². The van der Waals surface area contributed by atoms with E-state index in [-0.39, 0.29) is 65.6 Å². The van der Waals surface area contributed by atoms with Crippen molar-refractivity contribution >= 4 is 55.0 Å². The molecule has 0 radical (unpaired) electrons. The van der Waals surface area contributed by atoms with Gasteiger partial charge in [0.1, 0.15) is 0 Å². The largest absolute Gasteiger partial charge is 0.478 e. The fourth-order valence-corrected chi connectivity index (χ4v) is 11.4. The first-order valence-corrected chi connectivity index (χ1v) is 23.1. The minimum Gasteiger partial charge on any atom is -0.478 e. The minimum atomic E-state index is -1.18. The first-order valence-electron chi connectivity index (χ1n) is 23.1. The molecular weight excluding hydrogens is 921 g/mol. The highest BCUT2D eigenvalue weighted by Crippen LogP contribution is 2.47. The van der Waals surface area contributed by atoms with Gasteiger partial charge >= 0.3 is 11.9 Å². The first-order chi connectivity index (χ1) is 34.3. The maximum atomic E-state index is 14.3. The summed E-state index contributed by atoms with van der Waals surface area (Å²) in [6.45, 7) is 7.28. The van der Waals surface area contributed by atoms with Crippen LogP contribution in [-0.2, 0) is 5.41 Å². The van der Waals surface area contributed by atoms with Gasteiger partial charge in [0.25, 0.3) is 44.5 Å². The second kappa shape index (κ2) is 15.9. The molecule has 16 nitrogen and oxygen atoms in total. The Bertz CT molecular complexity index is 4040. The van der Waals surface area contributed by atoms with Gasteiger partial charge in [-0.1, -0.05) is 43.5 Å². The molecular formula is C56H40N4O12. The maximum Gasteiger partial charge on any atom is 0.335 e. The quantitative estimate of drug-likeness (QED) is 0.179. The molecule has 4 heterocycles. The van der Waals surface area contributed by atoms with Crippen molar-refractivity contribution in [2.24, 2.45) is 0 Å². The molecule has 72 heavy (non-hydrogen) atoms. The van der Waals surface area contributed by atoms with Crippen LogP contribution in [0.4, 0.5) is 0 Å². The number of aryl methyl sites for hydroxylation is 4. The fourth-order valence-electron chi connectivity index (χ4n) is 11.4. The summed E-state index contributed by atoms with van der Waals surface area (Å²) in [4.78, 5) is 134. The van der Waals surface area contributed by atoms with E-state index in [2.05, 4.69) is 0 Å². The topological polar surface area (TPSA) is 231 Å². The number of aromatic carboxylic acids is 2. The van der Waals surface area contributed by atoms with E-state index < -0.39 is 61.8 Å². The molecule has 1 saturated carbocycles. The number of fused-ring (bicyclic) bond motifs is 4. The molecule has 2 N–H and O–H groups in total. The second-order valence-corrected chi connectivity index (χ2v) is 18.9. The lowest BCUT2D eigenvalue weighted by molar-refractivity contribution is 0.0686. The molecule has 0 spiro atoms. The Labute approximate surface area is 404 Å². The monoisotopic (exact) mass is 960 g/mol. The average Bonchev–Trinajstić information content (AvgIpc) is 3.95. The van der Waals surface area contributed by atoms with E-state index in [4.69, 9.17) is 0 Å². The Kier molecular flexibility index (Phi) is 10.0. The molecule has 16 heteroatoms. The van der Waals surface area contributed by atoms with Gasteiger partial charge < -0.3 is 10.2 Å². The number of carboxylic acid groups (broad SMARTS) is 2. The van der Waals surface area contributed by atoms with E-state index in [9.17, 15) is 58.2 Å². The zero-order chi connectivity index (χ0) is 51.0. The van der Waals surface area contributed by atoms with Crippen LogP contribution in [0.1, 0.15) is 86.2 Å². The summed E-state index contributed by atoms with van der Waals surface area (Å²) < 4.78 is 3.94. The molecule has 356 valence electrons. The van der Waals surface area contributed by atoms with Gasteiger partial charge in [0.05, 0.1) is 77.0 Å². The van der Waals surface area contributed by atoms with Crippen molar-refractivity contribution in [3.63, 3.8) is 0 Å². The lowest BCUT2D eigenvalue weighted by Gasteiger charge is -2.40. The summed E-state index contributed by atoms with van der Waals surface area (Å²) in [5, 5.41) is 18.3. The summed E-state index contributed by atoms with van der Waals surface area (Å²) in [5.74, 6) is -2.35. The van der Waals surface area contributed by atoms with Gasteiger partial charge in [-0.3, -0.25) is 38.4 Å². The number of carboxylic acids is 2. The number of benzene rings is 6. The average molecular weight is 961 g/mol. The number of carbonyl (C=O) groups is 2. The molecule has 0 atom stereocenters. The van der Waals surface area contributed by atoms with E-state index in [0.717, 1.165) is 61.5 Å². The van der Waals surface area contributed by atoms with Crippen molar-refractivity contribution in [2.75, 3.05) is 0 Å². The summed E-state index contributed by atoms with van der Waals surface area (Å²) in [5.41, 5.74) is -0.616. The molecule has 4 aromatic heterocycles. The van der Waals surface area contributed by atoms with E-state index >= 15 is 0 Å². The van der Waals surface area contributed by atoms with Crippen LogP contribution in [0.5, 0.6) is 0 Å². The predicted molar refractivity (Wildman–Crippen MR) is 272 cm³/mol. The van der Waals surface area contributed by atoms with Gasteiger partial charge in [0.15, 0.2) is 0 Å². The second-order valence-electron chi connectivity index (χ2n) is 18.9. The highest BCUT2D eigenvalue weighted by Gasteiger charge is 2.38. The highest BCUT2D eigenvalue weighted by atomic mass is 16.4. The van der Waals surface area contributed by atoms with Crippen LogP contribution in [0.3, 0.4) is 0 Å². The molecule has 0 unspecified atom stereocenters. The maximum absolute atomic E-state index is 14.3. The van der Waals surface area contributed by atoms with Crippen molar-refractivity contribution < 1.29 is 19.8 Å². The number of hydrogen-bond donors (Lipinski definition) is 2. The smallest absolute Gasteiger partial charge is 0.335 e. The molecule has 11 rings (SSSR count). The summed E-state index contributed by atoms with van der Waals surface area (Å²) in [6.07, 6.45) is 4.32. The number of nitrogens with zero attached hydrogens (tertiary/aromatic N) is 4. The molecule has 1 aliphatic carbocycles. The minimum absolute atomic E-state index is 0.0292. The SMILES string of the molecule is Cc1cc(C2(c3cc(C)c(-n4c(=O)c5cc6c(=O)n(-c7ccc(C(=O)O)cc7)c(=O)c6cc5c4=O)c(C)c3)CCCCC2)cc(C)c1-n1c(=O)c2cc3c(=O)n(-c4ccc(C(=O)O)cc4)c(=O)c3cc2c1=O. The Hall–Kier alpha value is -9.18. The predicted octanol–water partition coefficient (Wildman–Crippen LogP) is 5.98. The van der Waals surface area contributed by atoms with Crippen LogP contribution < -0.4 is 44.5 Å². The van der Waals surface area contributed by atoms with E-state index in [0.29, 0.717) is 33.6 Å². The highest BCUT2D eigenvalue weighted by molar-refractivity contribution is 6.00. The van der Waals surface area contributed by atoms with Crippen molar-refractivity contribution in [1.29, 1.82) is 0 Å². The molecule has 10 aromatic rings. The third kappa shape index (κ3) is 6.37. The lowest BCUT2D eigenvalue weighted by atomic mass is 9.64. The molecule has 1 fully saturated rings. The van der Waals surface area contributed by atoms with E-state index in [1.54, 1.807) is 0 Å². The Balaban J connectivity index is 0.984. The van der Waals surface area contributed by atoms with E-state index in [1.807, 2.05) is 52.0 Å². The zero-order valence-electron chi connectivity index (χ0n) is 39.0. The zero-order valence-corrected chi connectivity index (χ0v) is 39.0. The summed E-state index contributed by atoms with van der Waals surface area (Å²) in [7, 11) is 0. The van der Waals surface area contributed by atoms with Gasteiger partial charge in [0, 0.05) is 5.41 Å². The Morgan fingerprint density at radius 2 is 0.625 bits per heavy atom. The molecule has 0 aliphatic heterocycles. The van der Waals surface area contributed by atoms with Crippen LogP contribution in [0.15, 0.2) is 135 Å². The van der Waals surface area contributed by atoms with Crippen molar-refractivity contribution in [2.45, 2.75) is 65.2 Å². The summed E-state index contributed by atoms with van der Waals surface area (Å²) in [6, 6.07) is 23.5. The van der Waals surface area contributed by atoms with Crippen LogP contribution in [0.25, 0.3) is 65.8 Å². The van der Waals surface area contributed by atoms with Crippen LogP contribution in [-0.4, -0.2) is 40.4 Å². The van der Waals surface area contributed by atoms with Crippen LogP contribution in [0, 0.1) is 27.7 Å². The summed E-state index contributed by atoms with van der Waals surface area (Å²) >= 11 is 0. The van der Waals surface area contributed by atoms with Gasteiger partial charge in [-0.25, -0.2) is 27.9 Å². The molecule has 1 aliphatic rings. The van der Waals surface area contributed by atoms with Crippen LogP contribution in [0.2, 0.25) is 0 Å². The number of rotatable bonds is 8. The molecule has 0 saturated heterocycles. The van der Waals surface area contributed by atoms with Gasteiger partial charge in [-0.2, -0.15) is 0 Å². The van der Waals surface area contributed by atoms with Crippen molar-refractivity contribution in [3.05, 3.63) is 224 Å². The standard InChI is InChI=1S/C56H40N4O12/c1-26-18-32(19-27(2)44(26)59-50(65)40-22-36-37(23-41(40)51(59)66)47(62)57(46(36)61)34-12-8-30(9-13-34)54(69)70)56(16-6-5-7-17-56)33-20-28(3)45(29(4)21-33)60-52(67)42-24-38-39(25-43(42)53(60)68)49(64)58(48(38)63)35-14-10-31(11-15-35)55(71)72/h8-15,18-25H,5-7,16-17H2,1-4H3,(H,69,70)(H,71,72).